The second kappa shape index (κ2) is 4.44. The minimum absolute atomic E-state index is 0.0444. The number of carbonyl (C=O) groups excluding carboxylic acids is 1. The maximum Gasteiger partial charge on any atom is 0.322 e. The quantitative estimate of drug-likeness (QED) is 0.790. The maximum absolute atomic E-state index is 13.4. The number of anilines is 2. The number of rotatable bonds is 2. The molecule has 0 atom stereocenters. The largest absolute Gasteiger partial charge is 0.408 e. The number of nitrogens with zero attached hydrogens (tertiary/aromatic N) is 2. The third-order valence-corrected chi connectivity index (χ3v) is 2.39. The summed E-state index contributed by atoms with van der Waals surface area (Å²) in [6, 6.07) is 2.44. The first kappa shape index (κ1) is 12.0. The van der Waals surface area contributed by atoms with E-state index in [9.17, 15) is 9.18 Å². The molecule has 0 bridgehead atoms. The predicted octanol–water partition coefficient (Wildman–Crippen LogP) is 1.66. The van der Waals surface area contributed by atoms with Crippen LogP contribution in [0.15, 0.2) is 16.5 Å². The van der Waals surface area contributed by atoms with Gasteiger partial charge in [0.2, 0.25) is 5.89 Å². The Balaban J connectivity index is 2.24. The van der Waals surface area contributed by atoms with Gasteiger partial charge in [0, 0.05) is 23.7 Å². The molecule has 1 aromatic carbocycles. The van der Waals surface area contributed by atoms with Crippen LogP contribution in [0, 0.1) is 19.7 Å². The van der Waals surface area contributed by atoms with Gasteiger partial charge in [-0.3, -0.25) is 10.1 Å². The molecule has 0 aliphatic carbocycles. The van der Waals surface area contributed by atoms with Crippen molar-refractivity contribution in [2.75, 3.05) is 11.1 Å². The smallest absolute Gasteiger partial charge is 0.322 e. The van der Waals surface area contributed by atoms with E-state index in [1.807, 2.05) is 0 Å². The number of nitrogens with two attached hydrogens (primary N) is 1. The van der Waals surface area contributed by atoms with Crippen LogP contribution in [0.4, 0.5) is 16.1 Å². The summed E-state index contributed by atoms with van der Waals surface area (Å²) >= 11 is 0. The first-order valence-corrected chi connectivity index (χ1v) is 5.14. The molecule has 1 heterocycles. The molecule has 6 nitrogen and oxygen atoms in total. The van der Waals surface area contributed by atoms with Gasteiger partial charge in [0.25, 0.3) is 5.91 Å². The van der Waals surface area contributed by atoms with Crippen LogP contribution in [-0.2, 0) is 0 Å². The van der Waals surface area contributed by atoms with Crippen molar-refractivity contribution in [1.82, 2.24) is 10.2 Å². The van der Waals surface area contributed by atoms with Crippen molar-refractivity contribution < 1.29 is 13.6 Å². The predicted molar refractivity (Wildman–Crippen MR) is 62.5 cm³/mol. The van der Waals surface area contributed by atoms with Crippen LogP contribution in [-0.4, -0.2) is 16.1 Å². The SMILES string of the molecule is Cc1nnc(NC(=O)c2cc(N)c(C)c(F)c2)o1. The lowest BCUT2D eigenvalue weighted by atomic mass is 10.1. The summed E-state index contributed by atoms with van der Waals surface area (Å²) in [6.07, 6.45) is 0. The van der Waals surface area contributed by atoms with E-state index in [-0.39, 0.29) is 17.3 Å². The molecule has 0 saturated heterocycles. The van der Waals surface area contributed by atoms with Crippen molar-refractivity contribution in [1.29, 1.82) is 0 Å². The van der Waals surface area contributed by atoms with E-state index in [0.29, 0.717) is 11.5 Å². The molecule has 3 N–H and O–H groups in total. The van der Waals surface area contributed by atoms with Crippen molar-refractivity contribution in [3.8, 4) is 0 Å². The van der Waals surface area contributed by atoms with Crippen LogP contribution < -0.4 is 11.1 Å². The number of carbonyl (C=O) groups is 1. The molecule has 0 fully saturated rings. The summed E-state index contributed by atoms with van der Waals surface area (Å²) in [7, 11) is 0. The van der Waals surface area contributed by atoms with Crippen molar-refractivity contribution in [2.45, 2.75) is 13.8 Å². The molecule has 1 amide bonds. The average molecular weight is 250 g/mol. The highest BCUT2D eigenvalue weighted by atomic mass is 19.1. The van der Waals surface area contributed by atoms with E-state index in [1.165, 1.54) is 13.0 Å². The van der Waals surface area contributed by atoms with Gasteiger partial charge >= 0.3 is 6.01 Å². The topological polar surface area (TPSA) is 94.0 Å². The maximum atomic E-state index is 13.4. The molecular weight excluding hydrogens is 239 g/mol. The van der Waals surface area contributed by atoms with Gasteiger partial charge < -0.3 is 10.2 Å². The average Bonchev–Trinajstić information content (AvgIpc) is 2.71. The molecular formula is C11H11FN4O2. The van der Waals surface area contributed by atoms with Crippen LogP contribution >= 0.6 is 0 Å². The second-order valence-electron chi connectivity index (χ2n) is 3.75. The molecule has 0 spiro atoms. The van der Waals surface area contributed by atoms with Crippen molar-refractivity contribution in [3.63, 3.8) is 0 Å². The number of hydrogen-bond acceptors (Lipinski definition) is 5. The summed E-state index contributed by atoms with van der Waals surface area (Å²) in [4.78, 5) is 11.8. The minimum Gasteiger partial charge on any atom is -0.408 e. The zero-order chi connectivity index (χ0) is 13.3. The number of nitrogens with one attached hydrogen (secondary N) is 1. The van der Waals surface area contributed by atoms with Crippen molar-refractivity contribution >= 4 is 17.6 Å². The molecule has 7 heteroatoms. The summed E-state index contributed by atoms with van der Waals surface area (Å²) in [6.45, 7) is 3.12. The fourth-order valence-corrected chi connectivity index (χ4v) is 1.35. The molecule has 94 valence electrons. The van der Waals surface area contributed by atoms with Crippen LogP contribution in [0.5, 0.6) is 0 Å². The Morgan fingerprint density at radius 2 is 2.11 bits per heavy atom. The molecule has 0 aliphatic heterocycles. The van der Waals surface area contributed by atoms with E-state index in [4.69, 9.17) is 10.2 Å². The second-order valence-corrected chi connectivity index (χ2v) is 3.75. The Morgan fingerprint density at radius 3 is 2.67 bits per heavy atom. The van der Waals surface area contributed by atoms with Gasteiger partial charge in [-0.05, 0) is 19.1 Å². The number of hydrogen-bond donors (Lipinski definition) is 2. The Hall–Kier alpha value is -2.44. The van der Waals surface area contributed by atoms with Gasteiger partial charge in [0.15, 0.2) is 0 Å². The van der Waals surface area contributed by atoms with E-state index in [1.54, 1.807) is 6.92 Å². The Morgan fingerprint density at radius 1 is 1.39 bits per heavy atom. The van der Waals surface area contributed by atoms with Gasteiger partial charge in [0.05, 0.1) is 0 Å². The third kappa shape index (κ3) is 2.29. The fourth-order valence-electron chi connectivity index (χ4n) is 1.35. The molecule has 0 unspecified atom stereocenters. The molecule has 18 heavy (non-hydrogen) atoms. The first-order chi connectivity index (χ1) is 8.47. The van der Waals surface area contributed by atoms with Crippen molar-refractivity contribution in [2.24, 2.45) is 0 Å². The van der Waals surface area contributed by atoms with Gasteiger partial charge in [-0.25, -0.2) is 4.39 Å². The third-order valence-electron chi connectivity index (χ3n) is 2.39. The van der Waals surface area contributed by atoms with E-state index in [2.05, 4.69) is 15.5 Å². The summed E-state index contributed by atoms with van der Waals surface area (Å²) in [5.74, 6) is -0.786. The highest BCUT2D eigenvalue weighted by molar-refractivity contribution is 6.03. The highest BCUT2D eigenvalue weighted by Crippen LogP contribution is 2.18. The van der Waals surface area contributed by atoms with E-state index < -0.39 is 11.7 Å². The lowest BCUT2D eigenvalue weighted by Crippen LogP contribution is -2.13. The summed E-state index contributed by atoms with van der Waals surface area (Å²) in [5, 5.41) is 9.50. The number of aromatic nitrogens is 2. The van der Waals surface area contributed by atoms with E-state index >= 15 is 0 Å². The van der Waals surface area contributed by atoms with Gasteiger partial charge in [-0.15, -0.1) is 5.10 Å². The van der Waals surface area contributed by atoms with Crippen LogP contribution in [0.25, 0.3) is 0 Å². The van der Waals surface area contributed by atoms with Crippen LogP contribution in [0.3, 0.4) is 0 Å². The molecule has 2 aromatic rings. The molecule has 1 aromatic heterocycles. The zero-order valence-corrected chi connectivity index (χ0v) is 9.82. The normalized spacial score (nSPS) is 10.4. The molecule has 0 aliphatic rings. The van der Waals surface area contributed by atoms with Gasteiger partial charge in [-0.2, -0.15) is 0 Å². The lowest BCUT2D eigenvalue weighted by Gasteiger charge is -2.05. The Labute approximate surface area is 102 Å². The van der Waals surface area contributed by atoms with Crippen LogP contribution in [0.1, 0.15) is 21.8 Å². The van der Waals surface area contributed by atoms with Gasteiger partial charge in [0.1, 0.15) is 5.82 Å². The fraction of sp³-hybridized carbons (Fsp3) is 0.182. The first-order valence-electron chi connectivity index (χ1n) is 5.14. The minimum atomic E-state index is -0.566. The standard InChI is InChI=1S/C11H11FN4O2/c1-5-8(12)3-7(4-9(5)13)10(17)14-11-16-15-6(2)18-11/h3-4H,13H2,1-2H3,(H,14,16,17). The zero-order valence-electron chi connectivity index (χ0n) is 9.82. The number of amides is 1. The molecule has 0 saturated carbocycles. The van der Waals surface area contributed by atoms with Gasteiger partial charge in [-0.1, -0.05) is 5.10 Å². The van der Waals surface area contributed by atoms with E-state index in [0.717, 1.165) is 6.07 Å². The lowest BCUT2D eigenvalue weighted by molar-refractivity contribution is 0.102. The van der Waals surface area contributed by atoms with Crippen LogP contribution in [0.2, 0.25) is 0 Å². The Kier molecular flexibility index (Phi) is 2.97. The number of aryl methyl sites for hydroxylation is 1. The highest BCUT2D eigenvalue weighted by Gasteiger charge is 2.13. The number of nitrogen functional groups attached to an aromatic ring is 1. The summed E-state index contributed by atoms with van der Waals surface area (Å²) in [5.41, 5.74) is 6.19. The number of benzene rings is 1. The monoisotopic (exact) mass is 250 g/mol. The molecule has 0 radical (unpaired) electrons. The Bertz CT molecular complexity index is 586. The number of halogens is 1. The molecule has 2 rings (SSSR count). The summed E-state index contributed by atoms with van der Waals surface area (Å²) < 4.78 is 18.4. The van der Waals surface area contributed by atoms with Crippen molar-refractivity contribution in [3.05, 3.63) is 35.0 Å².